The molecule has 1 aromatic carbocycles. The Hall–Kier alpha value is -0.980. The van der Waals surface area contributed by atoms with Crippen LogP contribution in [0.1, 0.15) is 24.5 Å². The molecule has 0 saturated carbocycles. The van der Waals surface area contributed by atoms with Crippen LogP contribution in [0.15, 0.2) is 23.2 Å². The van der Waals surface area contributed by atoms with Gasteiger partial charge in [-0.1, -0.05) is 13.0 Å². The fraction of sp³-hybridized carbons (Fsp3) is 0.533. The van der Waals surface area contributed by atoms with Gasteiger partial charge in [-0.2, -0.15) is 0 Å². The number of guanidine groups is 1. The minimum Gasteiger partial charge on any atom is -0.378 e. The summed E-state index contributed by atoms with van der Waals surface area (Å²) in [6.07, 6.45) is 1.09. The molecule has 0 fully saturated rings. The third kappa shape index (κ3) is 5.98. The van der Waals surface area contributed by atoms with Gasteiger partial charge in [0.2, 0.25) is 0 Å². The minimum absolute atomic E-state index is 0. The van der Waals surface area contributed by atoms with Gasteiger partial charge in [-0.3, -0.25) is 4.99 Å². The first kappa shape index (κ1) is 19.0. The highest BCUT2D eigenvalue weighted by Gasteiger charge is 2.03. The zero-order valence-corrected chi connectivity index (χ0v) is 15.5. The van der Waals surface area contributed by atoms with Crippen LogP contribution in [0.25, 0.3) is 0 Å². The molecule has 114 valence electrons. The molecule has 1 rings (SSSR count). The van der Waals surface area contributed by atoms with Gasteiger partial charge in [0.1, 0.15) is 0 Å². The molecule has 0 aliphatic heterocycles. The fourth-order valence-electron chi connectivity index (χ4n) is 1.80. The fourth-order valence-corrected chi connectivity index (χ4v) is 1.80. The molecular weight excluding hydrogens is 363 g/mol. The van der Waals surface area contributed by atoms with E-state index >= 15 is 0 Å². The SMILES string of the molecule is CCCNC(=NC)NCc1ccc(N(C)C)cc1C.I. The summed E-state index contributed by atoms with van der Waals surface area (Å²) >= 11 is 0. The van der Waals surface area contributed by atoms with Crippen LogP contribution in [0, 0.1) is 6.92 Å². The lowest BCUT2D eigenvalue weighted by molar-refractivity contribution is 0.780. The lowest BCUT2D eigenvalue weighted by atomic mass is 10.1. The first-order chi connectivity index (χ1) is 9.08. The quantitative estimate of drug-likeness (QED) is 0.462. The third-order valence-corrected chi connectivity index (χ3v) is 3.05. The summed E-state index contributed by atoms with van der Waals surface area (Å²) in [7, 11) is 5.92. The predicted octanol–water partition coefficient (Wildman–Crippen LogP) is 2.75. The molecule has 0 spiro atoms. The molecule has 0 atom stereocenters. The smallest absolute Gasteiger partial charge is 0.191 e. The van der Waals surface area contributed by atoms with E-state index in [1.807, 2.05) is 0 Å². The van der Waals surface area contributed by atoms with Crippen molar-refractivity contribution in [2.75, 3.05) is 32.6 Å². The van der Waals surface area contributed by atoms with E-state index in [1.165, 1.54) is 16.8 Å². The van der Waals surface area contributed by atoms with Crippen LogP contribution in [0.4, 0.5) is 5.69 Å². The Kier molecular flexibility index (Phi) is 9.37. The predicted molar refractivity (Wildman–Crippen MR) is 99.4 cm³/mol. The van der Waals surface area contributed by atoms with Gasteiger partial charge in [0.15, 0.2) is 5.96 Å². The summed E-state index contributed by atoms with van der Waals surface area (Å²) in [5, 5.41) is 6.60. The number of benzene rings is 1. The Labute approximate surface area is 140 Å². The van der Waals surface area contributed by atoms with Crippen molar-refractivity contribution in [2.24, 2.45) is 4.99 Å². The van der Waals surface area contributed by atoms with Crippen LogP contribution in [0.3, 0.4) is 0 Å². The van der Waals surface area contributed by atoms with Crippen molar-refractivity contribution in [1.29, 1.82) is 0 Å². The van der Waals surface area contributed by atoms with Crippen LogP contribution in [-0.4, -0.2) is 33.6 Å². The van der Waals surface area contributed by atoms with Gasteiger partial charge in [-0.15, -0.1) is 24.0 Å². The molecule has 20 heavy (non-hydrogen) atoms. The number of hydrogen-bond acceptors (Lipinski definition) is 2. The monoisotopic (exact) mass is 390 g/mol. The third-order valence-electron chi connectivity index (χ3n) is 3.05. The van der Waals surface area contributed by atoms with Gasteiger partial charge >= 0.3 is 0 Å². The zero-order valence-electron chi connectivity index (χ0n) is 13.2. The van der Waals surface area contributed by atoms with Gasteiger partial charge in [-0.25, -0.2) is 0 Å². The summed E-state index contributed by atoms with van der Waals surface area (Å²) in [6.45, 7) is 6.03. The Morgan fingerprint density at radius 1 is 1.25 bits per heavy atom. The number of aliphatic imine (C=N–C) groups is 1. The molecule has 0 saturated heterocycles. The highest BCUT2D eigenvalue weighted by Crippen LogP contribution is 2.17. The molecule has 5 heteroatoms. The number of halogens is 1. The average molecular weight is 390 g/mol. The number of nitrogens with zero attached hydrogens (tertiary/aromatic N) is 2. The Bertz CT molecular complexity index is 430. The first-order valence-electron chi connectivity index (χ1n) is 6.79. The summed E-state index contributed by atoms with van der Waals surface area (Å²) < 4.78 is 0. The van der Waals surface area contributed by atoms with E-state index in [0.29, 0.717) is 0 Å². The lowest BCUT2D eigenvalue weighted by Crippen LogP contribution is -2.37. The molecule has 0 radical (unpaired) electrons. The largest absolute Gasteiger partial charge is 0.378 e. The van der Waals surface area contributed by atoms with E-state index in [0.717, 1.165) is 25.5 Å². The summed E-state index contributed by atoms with van der Waals surface area (Å²) in [4.78, 5) is 6.32. The normalized spacial score (nSPS) is 10.8. The maximum Gasteiger partial charge on any atom is 0.191 e. The van der Waals surface area contributed by atoms with Gasteiger partial charge in [0, 0.05) is 39.9 Å². The second kappa shape index (κ2) is 9.85. The molecule has 0 amide bonds. The highest BCUT2D eigenvalue weighted by atomic mass is 127. The van der Waals surface area contributed by atoms with Crippen LogP contribution in [0.5, 0.6) is 0 Å². The van der Waals surface area contributed by atoms with Gasteiger partial charge < -0.3 is 15.5 Å². The molecule has 0 aliphatic rings. The van der Waals surface area contributed by atoms with Crippen molar-refractivity contribution in [3.05, 3.63) is 29.3 Å². The summed E-state index contributed by atoms with van der Waals surface area (Å²) in [6, 6.07) is 6.52. The van der Waals surface area contributed by atoms with Gasteiger partial charge in [0.05, 0.1) is 0 Å². The van der Waals surface area contributed by atoms with E-state index in [1.54, 1.807) is 7.05 Å². The standard InChI is InChI=1S/C15H26N4.HI/c1-6-9-17-15(16-3)18-11-13-7-8-14(19(4)5)10-12(13)2;/h7-8,10H,6,9,11H2,1-5H3,(H2,16,17,18);1H. The molecule has 0 bridgehead atoms. The second-order valence-corrected chi connectivity index (χ2v) is 4.86. The van der Waals surface area contributed by atoms with E-state index in [4.69, 9.17) is 0 Å². The average Bonchev–Trinajstić information content (AvgIpc) is 2.40. The highest BCUT2D eigenvalue weighted by molar-refractivity contribution is 14.0. The molecule has 0 aliphatic carbocycles. The Morgan fingerprint density at radius 3 is 2.45 bits per heavy atom. The van der Waals surface area contributed by atoms with Crippen LogP contribution >= 0.6 is 24.0 Å². The van der Waals surface area contributed by atoms with E-state index in [9.17, 15) is 0 Å². The second-order valence-electron chi connectivity index (χ2n) is 4.86. The van der Waals surface area contributed by atoms with E-state index < -0.39 is 0 Å². The summed E-state index contributed by atoms with van der Waals surface area (Å²) in [5.74, 6) is 0.859. The number of rotatable bonds is 5. The van der Waals surface area contributed by atoms with Crippen molar-refractivity contribution in [1.82, 2.24) is 10.6 Å². The summed E-state index contributed by atoms with van der Waals surface area (Å²) in [5.41, 5.74) is 3.82. The molecule has 0 aromatic heterocycles. The van der Waals surface area contributed by atoms with Crippen molar-refractivity contribution in [3.8, 4) is 0 Å². The van der Waals surface area contributed by atoms with Crippen molar-refractivity contribution in [2.45, 2.75) is 26.8 Å². The number of anilines is 1. The molecule has 0 unspecified atom stereocenters. The van der Waals surface area contributed by atoms with Crippen molar-refractivity contribution in [3.63, 3.8) is 0 Å². The minimum atomic E-state index is 0. The van der Waals surface area contributed by atoms with Gasteiger partial charge in [-0.05, 0) is 36.6 Å². The molecule has 4 nitrogen and oxygen atoms in total. The topological polar surface area (TPSA) is 39.7 Å². The van der Waals surface area contributed by atoms with E-state index in [2.05, 4.69) is 66.7 Å². The lowest BCUT2D eigenvalue weighted by Gasteiger charge is -2.16. The van der Waals surface area contributed by atoms with Gasteiger partial charge in [0.25, 0.3) is 0 Å². The number of aryl methyl sites for hydroxylation is 1. The molecule has 0 heterocycles. The van der Waals surface area contributed by atoms with Crippen LogP contribution in [-0.2, 0) is 6.54 Å². The first-order valence-corrected chi connectivity index (χ1v) is 6.79. The van der Waals surface area contributed by atoms with Crippen LogP contribution < -0.4 is 15.5 Å². The maximum atomic E-state index is 4.20. The number of hydrogen-bond donors (Lipinski definition) is 2. The number of nitrogens with one attached hydrogen (secondary N) is 2. The Morgan fingerprint density at radius 2 is 1.95 bits per heavy atom. The molecular formula is C15H27IN4. The Balaban J connectivity index is 0.00000361. The zero-order chi connectivity index (χ0) is 14.3. The van der Waals surface area contributed by atoms with Crippen molar-refractivity contribution < 1.29 is 0 Å². The van der Waals surface area contributed by atoms with Crippen LogP contribution in [0.2, 0.25) is 0 Å². The molecule has 2 N–H and O–H groups in total. The van der Waals surface area contributed by atoms with E-state index in [-0.39, 0.29) is 24.0 Å². The van der Waals surface area contributed by atoms with Crippen molar-refractivity contribution >= 4 is 35.6 Å². The maximum absolute atomic E-state index is 4.20. The molecule has 1 aromatic rings.